The van der Waals surface area contributed by atoms with Gasteiger partial charge in [-0.05, 0) is 23.6 Å². The highest BCUT2D eigenvalue weighted by molar-refractivity contribution is 5.89. The second-order valence-corrected chi connectivity index (χ2v) is 5.77. The molecule has 3 aromatic rings. The van der Waals surface area contributed by atoms with Crippen LogP contribution in [0.5, 0.6) is 5.75 Å². The predicted octanol–water partition coefficient (Wildman–Crippen LogP) is 3.61. The fraction of sp³-hybridized carbons (Fsp3) is 0.211. The van der Waals surface area contributed by atoms with Crippen molar-refractivity contribution in [3.63, 3.8) is 0 Å². The van der Waals surface area contributed by atoms with Crippen LogP contribution in [0.15, 0.2) is 54.6 Å². The Labute approximate surface area is 146 Å². The number of H-pyrrole nitrogens is 1. The molecule has 128 valence electrons. The van der Waals surface area contributed by atoms with Gasteiger partial charge in [0.15, 0.2) is 5.82 Å². The summed E-state index contributed by atoms with van der Waals surface area (Å²) in [6, 6.07) is 17.4. The molecular weight excluding hydrogens is 316 g/mol. The third kappa shape index (κ3) is 4.03. The number of methoxy groups -OCH3 is 1. The van der Waals surface area contributed by atoms with Gasteiger partial charge in [0.1, 0.15) is 5.75 Å². The fourth-order valence-corrected chi connectivity index (χ4v) is 2.63. The molecule has 6 nitrogen and oxygen atoms in total. The van der Waals surface area contributed by atoms with E-state index in [9.17, 15) is 4.79 Å². The highest BCUT2D eigenvalue weighted by atomic mass is 16.5. The maximum atomic E-state index is 12.2. The van der Waals surface area contributed by atoms with Gasteiger partial charge in [-0.2, -0.15) is 4.98 Å². The van der Waals surface area contributed by atoms with E-state index in [0.717, 1.165) is 11.1 Å². The van der Waals surface area contributed by atoms with Crippen molar-refractivity contribution >= 4 is 11.9 Å². The first kappa shape index (κ1) is 16.7. The molecule has 0 aliphatic rings. The van der Waals surface area contributed by atoms with E-state index in [-0.39, 0.29) is 17.8 Å². The SMILES string of the molecule is COc1ccccc1-c1nc(NC(=O)CC(C)c2ccccc2)n[nH]1. The minimum absolute atomic E-state index is 0.119. The van der Waals surface area contributed by atoms with Gasteiger partial charge in [-0.3, -0.25) is 15.2 Å². The summed E-state index contributed by atoms with van der Waals surface area (Å²) >= 11 is 0. The van der Waals surface area contributed by atoms with Crippen LogP contribution >= 0.6 is 0 Å². The Hall–Kier alpha value is -3.15. The molecule has 25 heavy (non-hydrogen) atoms. The highest BCUT2D eigenvalue weighted by Gasteiger charge is 2.15. The average Bonchev–Trinajstić information content (AvgIpc) is 3.10. The third-order valence-electron chi connectivity index (χ3n) is 3.96. The number of carbonyl (C=O) groups is 1. The van der Waals surface area contributed by atoms with Crippen molar-refractivity contribution in [3.8, 4) is 17.1 Å². The number of nitrogens with zero attached hydrogens (tertiary/aromatic N) is 2. The van der Waals surface area contributed by atoms with E-state index in [2.05, 4.69) is 20.5 Å². The molecule has 0 bridgehead atoms. The molecule has 2 aromatic carbocycles. The van der Waals surface area contributed by atoms with Crippen LogP contribution in [-0.4, -0.2) is 28.2 Å². The molecule has 3 rings (SSSR count). The lowest BCUT2D eigenvalue weighted by Crippen LogP contribution is -2.15. The summed E-state index contributed by atoms with van der Waals surface area (Å²) in [5.74, 6) is 1.49. The number of aromatic nitrogens is 3. The van der Waals surface area contributed by atoms with E-state index in [1.165, 1.54) is 0 Å². The van der Waals surface area contributed by atoms with E-state index in [1.807, 2.05) is 61.5 Å². The average molecular weight is 336 g/mol. The van der Waals surface area contributed by atoms with Gasteiger partial charge >= 0.3 is 0 Å². The van der Waals surface area contributed by atoms with E-state index < -0.39 is 0 Å². The maximum Gasteiger partial charge on any atom is 0.249 e. The van der Waals surface area contributed by atoms with Crippen molar-refractivity contribution in [3.05, 3.63) is 60.2 Å². The Balaban J connectivity index is 1.66. The number of para-hydroxylation sites is 1. The topological polar surface area (TPSA) is 79.9 Å². The molecule has 0 aliphatic carbocycles. The standard InChI is InChI=1S/C19H20N4O2/c1-13(14-8-4-3-5-9-14)12-17(24)20-19-21-18(22-23-19)15-10-6-7-11-16(15)25-2/h3-11,13H,12H2,1-2H3,(H2,20,21,22,23,24). The highest BCUT2D eigenvalue weighted by Crippen LogP contribution is 2.27. The van der Waals surface area contributed by atoms with Crippen molar-refractivity contribution in [2.24, 2.45) is 0 Å². The Kier molecular flexibility index (Phi) is 5.09. The first-order valence-corrected chi connectivity index (χ1v) is 8.08. The molecule has 0 aliphatic heterocycles. The molecule has 0 fully saturated rings. The first-order valence-electron chi connectivity index (χ1n) is 8.08. The summed E-state index contributed by atoms with van der Waals surface area (Å²) in [5.41, 5.74) is 1.91. The number of hydrogen-bond acceptors (Lipinski definition) is 4. The molecule has 1 amide bonds. The fourth-order valence-electron chi connectivity index (χ4n) is 2.63. The molecule has 0 spiro atoms. The normalized spacial score (nSPS) is 11.8. The van der Waals surface area contributed by atoms with Crippen LogP contribution in [0, 0.1) is 0 Å². The number of anilines is 1. The van der Waals surface area contributed by atoms with E-state index in [1.54, 1.807) is 7.11 Å². The number of amides is 1. The Morgan fingerprint density at radius 3 is 2.64 bits per heavy atom. The quantitative estimate of drug-likeness (QED) is 0.720. The van der Waals surface area contributed by atoms with Crippen molar-refractivity contribution in [2.45, 2.75) is 19.3 Å². The molecule has 1 aromatic heterocycles. The van der Waals surface area contributed by atoms with Gasteiger partial charge in [-0.25, -0.2) is 0 Å². The summed E-state index contributed by atoms with van der Waals surface area (Å²) in [5, 5.41) is 9.63. The number of benzene rings is 2. The first-order chi connectivity index (χ1) is 12.2. The lowest BCUT2D eigenvalue weighted by Gasteiger charge is -2.10. The van der Waals surface area contributed by atoms with Crippen molar-refractivity contribution < 1.29 is 9.53 Å². The summed E-state index contributed by atoms with van der Waals surface area (Å²) in [6.45, 7) is 2.02. The number of carbonyl (C=O) groups excluding carboxylic acids is 1. The van der Waals surface area contributed by atoms with Crippen LogP contribution < -0.4 is 10.1 Å². The lowest BCUT2D eigenvalue weighted by molar-refractivity contribution is -0.116. The van der Waals surface area contributed by atoms with Gasteiger partial charge in [-0.15, -0.1) is 5.10 Å². The number of aromatic amines is 1. The van der Waals surface area contributed by atoms with Crippen LogP contribution in [0.25, 0.3) is 11.4 Å². The van der Waals surface area contributed by atoms with Crippen LogP contribution in [-0.2, 0) is 4.79 Å². The summed E-state index contributed by atoms with van der Waals surface area (Å²) in [7, 11) is 1.60. The molecule has 6 heteroatoms. The number of ether oxygens (including phenoxy) is 1. The molecule has 2 N–H and O–H groups in total. The lowest BCUT2D eigenvalue weighted by atomic mass is 9.98. The van der Waals surface area contributed by atoms with Crippen molar-refractivity contribution in [1.82, 2.24) is 15.2 Å². The van der Waals surface area contributed by atoms with Gasteiger partial charge in [-0.1, -0.05) is 49.4 Å². The maximum absolute atomic E-state index is 12.2. The monoisotopic (exact) mass is 336 g/mol. The number of nitrogens with one attached hydrogen (secondary N) is 2. The molecule has 0 saturated carbocycles. The van der Waals surface area contributed by atoms with Gasteiger partial charge in [0.05, 0.1) is 12.7 Å². The zero-order chi connectivity index (χ0) is 17.6. The molecular formula is C19H20N4O2. The van der Waals surface area contributed by atoms with Crippen LogP contribution in [0.4, 0.5) is 5.95 Å². The Bertz CT molecular complexity index is 845. The van der Waals surface area contributed by atoms with Gasteiger partial charge in [0.25, 0.3) is 0 Å². The minimum Gasteiger partial charge on any atom is -0.496 e. The molecule has 1 heterocycles. The number of rotatable bonds is 6. The Morgan fingerprint density at radius 2 is 1.88 bits per heavy atom. The smallest absolute Gasteiger partial charge is 0.249 e. The van der Waals surface area contributed by atoms with Crippen molar-refractivity contribution in [1.29, 1.82) is 0 Å². The molecule has 1 atom stereocenters. The summed E-state index contributed by atoms with van der Waals surface area (Å²) < 4.78 is 5.32. The zero-order valence-corrected chi connectivity index (χ0v) is 14.2. The molecule has 1 unspecified atom stereocenters. The largest absolute Gasteiger partial charge is 0.496 e. The third-order valence-corrected chi connectivity index (χ3v) is 3.96. The molecule has 0 radical (unpaired) electrons. The zero-order valence-electron chi connectivity index (χ0n) is 14.2. The van der Waals surface area contributed by atoms with Gasteiger partial charge in [0.2, 0.25) is 11.9 Å². The second kappa shape index (κ2) is 7.61. The minimum atomic E-state index is -0.123. The van der Waals surface area contributed by atoms with E-state index in [0.29, 0.717) is 18.0 Å². The van der Waals surface area contributed by atoms with Gasteiger partial charge in [0, 0.05) is 6.42 Å². The van der Waals surface area contributed by atoms with Crippen LogP contribution in [0.2, 0.25) is 0 Å². The Morgan fingerprint density at radius 1 is 1.16 bits per heavy atom. The van der Waals surface area contributed by atoms with Crippen LogP contribution in [0.1, 0.15) is 24.8 Å². The predicted molar refractivity (Wildman–Crippen MR) is 96.5 cm³/mol. The number of hydrogen-bond donors (Lipinski definition) is 2. The molecule has 0 saturated heterocycles. The summed E-state index contributed by atoms with van der Waals surface area (Å²) in [4.78, 5) is 16.6. The second-order valence-electron chi connectivity index (χ2n) is 5.77. The van der Waals surface area contributed by atoms with Crippen molar-refractivity contribution in [2.75, 3.05) is 12.4 Å². The van der Waals surface area contributed by atoms with E-state index >= 15 is 0 Å². The van der Waals surface area contributed by atoms with E-state index in [4.69, 9.17) is 4.74 Å². The van der Waals surface area contributed by atoms with Gasteiger partial charge < -0.3 is 4.74 Å². The van der Waals surface area contributed by atoms with Crippen LogP contribution in [0.3, 0.4) is 0 Å². The summed E-state index contributed by atoms with van der Waals surface area (Å²) in [6.07, 6.45) is 0.364.